The van der Waals surface area contributed by atoms with Gasteiger partial charge in [-0.2, -0.15) is 0 Å². The zero-order valence-electron chi connectivity index (χ0n) is 18.1. The highest BCUT2D eigenvalue weighted by atomic mass is 16.1. The molecule has 0 spiro atoms. The second kappa shape index (κ2) is 6.76. The fraction of sp³-hybridized carbons (Fsp3) is 0.182. The number of imidazole rings is 1. The van der Waals surface area contributed by atoms with Gasteiger partial charge in [-0.15, -0.1) is 0 Å². The lowest BCUT2D eigenvalue weighted by atomic mass is 10.1. The molecule has 5 nitrogen and oxygen atoms in total. The van der Waals surface area contributed by atoms with Gasteiger partial charge >= 0.3 is 0 Å². The van der Waals surface area contributed by atoms with Crippen LogP contribution in [0.15, 0.2) is 54.9 Å². The number of carbonyl (C=O) groups excluding carboxylic acids is 1. The number of rotatable bonds is 4. The Kier molecular flexibility index (Phi) is 3.46. The second-order valence-corrected chi connectivity index (χ2v) is 6.49. The van der Waals surface area contributed by atoms with Crippen LogP contribution in [-0.2, 0) is 13.5 Å². The first-order valence-electron chi connectivity index (χ1n) is 10.1. The Morgan fingerprint density at radius 3 is 2.63 bits per heavy atom. The molecule has 4 rings (SSSR count). The number of ketones is 1. The average Bonchev–Trinajstić information content (AvgIpc) is 3.05. The molecule has 0 aliphatic carbocycles. The van der Waals surface area contributed by atoms with Crippen molar-refractivity contribution in [2.24, 2.45) is 7.05 Å². The highest BCUT2D eigenvalue weighted by Gasteiger charge is 2.11. The summed E-state index contributed by atoms with van der Waals surface area (Å²) in [5, 5.41) is 0.885. The summed E-state index contributed by atoms with van der Waals surface area (Å²) in [6.07, 6.45) is 3.57. The molecule has 0 N–H and O–H groups in total. The molecule has 27 heavy (non-hydrogen) atoms. The molecular formula is C22H20N4O. The first-order chi connectivity index (χ1) is 14.2. The SMILES string of the molecule is [2H]C([2H])([2H])c1ccc(C(=O)Cc2ncc3ccc(-c4cnc(C)n4C)cc3n2)cc1. The van der Waals surface area contributed by atoms with Crippen LogP contribution in [0.2, 0.25) is 0 Å². The van der Waals surface area contributed by atoms with E-state index in [0.717, 1.165) is 28.0 Å². The highest BCUT2D eigenvalue weighted by Crippen LogP contribution is 2.23. The minimum Gasteiger partial charge on any atom is -0.331 e. The first kappa shape index (κ1) is 13.8. The Balaban J connectivity index is 1.60. The van der Waals surface area contributed by atoms with Crippen LogP contribution in [-0.4, -0.2) is 25.3 Å². The van der Waals surface area contributed by atoms with Gasteiger partial charge in [0.05, 0.1) is 23.8 Å². The van der Waals surface area contributed by atoms with Crippen LogP contribution in [0.3, 0.4) is 0 Å². The van der Waals surface area contributed by atoms with Crippen molar-refractivity contribution in [3.05, 3.63) is 77.6 Å². The molecule has 0 unspecified atom stereocenters. The minimum absolute atomic E-state index is 0.0398. The molecule has 0 saturated heterocycles. The summed E-state index contributed by atoms with van der Waals surface area (Å²) < 4.78 is 24.3. The van der Waals surface area contributed by atoms with E-state index in [4.69, 9.17) is 4.11 Å². The molecule has 2 aromatic heterocycles. The zero-order chi connectivity index (χ0) is 21.5. The summed E-state index contributed by atoms with van der Waals surface area (Å²) in [5.41, 5.74) is 3.37. The summed E-state index contributed by atoms with van der Waals surface area (Å²) >= 11 is 0. The van der Waals surface area contributed by atoms with Crippen molar-refractivity contribution in [3.8, 4) is 11.3 Å². The minimum atomic E-state index is -2.19. The number of aromatic nitrogens is 4. The van der Waals surface area contributed by atoms with Crippen molar-refractivity contribution in [1.82, 2.24) is 19.5 Å². The molecule has 0 bridgehead atoms. The van der Waals surface area contributed by atoms with Gasteiger partial charge in [0.25, 0.3) is 0 Å². The number of carbonyl (C=O) groups is 1. The first-order valence-corrected chi connectivity index (χ1v) is 8.60. The standard InChI is InChI=1S/C22H20N4O/c1-14-4-6-16(7-5-14)21(27)11-22-24-12-18-9-8-17(10-19(18)25-22)20-13-23-15(2)26(20)3/h4-10,12-13H,11H2,1-3H3/i1D3. The van der Waals surface area contributed by atoms with E-state index in [0.29, 0.717) is 11.4 Å². The maximum atomic E-state index is 12.6. The molecule has 5 heteroatoms. The Labute approximate surface area is 162 Å². The van der Waals surface area contributed by atoms with E-state index in [-0.39, 0.29) is 17.8 Å². The molecule has 0 fully saturated rings. The lowest BCUT2D eigenvalue weighted by molar-refractivity contribution is 0.0991. The fourth-order valence-corrected chi connectivity index (χ4v) is 2.98. The van der Waals surface area contributed by atoms with Gasteiger partial charge in [-0.05, 0) is 19.8 Å². The predicted octanol–water partition coefficient (Wildman–Crippen LogP) is 4.07. The summed E-state index contributed by atoms with van der Waals surface area (Å²) in [4.78, 5) is 25.8. The summed E-state index contributed by atoms with van der Waals surface area (Å²) in [5.74, 6) is 1.18. The van der Waals surface area contributed by atoms with Crippen LogP contribution in [0, 0.1) is 13.8 Å². The molecule has 0 saturated carbocycles. The monoisotopic (exact) mass is 359 g/mol. The van der Waals surface area contributed by atoms with E-state index in [1.165, 1.54) is 24.3 Å². The number of hydrogen-bond donors (Lipinski definition) is 0. The van der Waals surface area contributed by atoms with Gasteiger partial charge in [-0.1, -0.05) is 42.0 Å². The smallest absolute Gasteiger partial charge is 0.170 e. The van der Waals surface area contributed by atoms with E-state index in [2.05, 4.69) is 15.0 Å². The summed E-state index contributed by atoms with van der Waals surface area (Å²) in [6, 6.07) is 11.9. The van der Waals surface area contributed by atoms with Gasteiger partial charge in [0.15, 0.2) is 5.78 Å². The van der Waals surface area contributed by atoms with Gasteiger partial charge in [0, 0.05) is 33.9 Å². The number of nitrogens with zero attached hydrogens (tertiary/aromatic N) is 4. The van der Waals surface area contributed by atoms with Crippen molar-refractivity contribution in [2.75, 3.05) is 0 Å². The number of fused-ring (bicyclic) bond motifs is 1. The molecule has 2 heterocycles. The molecule has 0 amide bonds. The van der Waals surface area contributed by atoms with Crippen molar-refractivity contribution < 1.29 is 8.91 Å². The molecule has 0 radical (unpaired) electrons. The van der Waals surface area contributed by atoms with Crippen LogP contribution >= 0.6 is 0 Å². The maximum Gasteiger partial charge on any atom is 0.170 e. The van der Waals surface area contributed by atoms with E-state index in [1.807, 2.05) is 42.9 Å². The second-order valence-electron chi connectivity index (χ2n) is 6.49. The van der Waals surface area contributed by atoms with E-state index in [9.17, 15) is 4.79 Å². The third kappa shape index (κ3) is 3.36. The van der Waals surface area contributed by atoms with Gasteiger partial charge in [-0.25, -0.2) is 15.0 Å². The number of Topliss-reactive ketones (excluding diaryl/α,β-unsaturated/α-hetero) is 1. The molecule has 0 aliphatic heterocycles. The Bertz CT molecular complexity index is 1240. The Morgan fingerprint density at radius 2 is 1.93 bits per heavy atom. The number of hydrogen-bond acceptors (Lipinski definition) is 4. The van der Waals surface area contributed by atoms with Gasteiger partial charge in [0.2, 0.25) is 0 Å². The number of aryl methyl sites for hydroxylation is 2. The van der Waals surface area contributed by atoms with Crippen molar-refractivity contribution in [2.45, 2.75) is 20.2 Å². The fourth-order valence-electron chi connectivity index (χ4n) is 2.98. The quantitative estimate of drug-likeness (QED) is 0.515. The lowest BCUT2D eigenvalue weighted by Gasteiger charge is -2.07. The average molecular weight is 359 g/mol. The Hall–Kier alpha value is -3.34. The Morgan fingerprint density at radius 1 is 1.11 bits per heavy atom. The number of benzene rings is 2. The third-order valence-electron chi connectivity index (χ3n) is 4.67. The van der Waals surface area contributed by atoms with Crippen LogP contribution in [0.4, 0.5) is 0 Å². The predicted molar refractivity (Wildman–Crippen MR) is 106 cm³/mol. The van der Waals surface area contributed by atoms with Crippen molar-refractivity contribution >= 4 is 16.7 Å². The molecule has 2 aromatic carbocycles. The highest BCUT2D eigenvalue weighted by molar-refractivity contribution is 5.97. The largest absolute Gasteiger partial charge is 0.331 e. The third-order valence-corrected chi connectivity index (χ3v) is 4.67. The maximum absolute atomic E-state index is 12.6. The molecule has 0 atom stereocenters. The molecule has 4 aromatic rings. The van der Waals surface area contributed by atoms with Gasteiger partial charge < -0.3 is 4.57 Å². The van der Waals surface area contributed by atoms with E-state index < -0.39 is 6.85 Å². The van der Waals surface area contributed by atoms with Gasteiger partial charge in [0.1, 0.15) is 11.6 Å². The van der Waals surface area contributed by atoms with Crippen LogP contribution in [0.5, 0.6) is 0 Å². The van der Waals surface area contributed by atoms with Crippen LogP contribution in [0.25, 0.3) is 22.2 Å². The normalized spacial score (nSPS) is 13.2. The van der Waals surface area contributed by atoms with E-state index >= 15 is 0 Å². The van der Waals surface area contributed by atoms with Crippen molar-refractivity contribution in [3.63, 3.8) is 0 Å². The molecular weight excluding hydrogens is 336 g/mol. The van der Waals surface area contributed by atoms with E-state index in [1.54, 1.807) is 6.20 Å². The van der Waals surface area contributed by atoms with Gasteiger partial charge in [-0.3, -0.25) is 4.79 Å². The molecule has 0 aliphatic rings. The van der Waals surface area contributed by atoms with Crippen molar-refractivity contribution in [1.29, 1.82) is 0 Å². The van der Waals surface area contributed by atoms with Crippen LogP contribution < -0.4 is 0 Å². The topological polar surface area (TPSA) is 60.7 Å². The van der Waals surface area contributed by atoms with Crippen LogP contribution in [0.1, 0.15) is 31.7 Å². The lowest BCUT2D eigenvalue weighted by Crippen LogP contribution is -2.07. The summed E-state index contributed by atoms with van der Waals surface area (Å²) in [7, 11) is 1.96. The molecule has 134 valence electrons. The summed E-state index contributed by atoms with van der Waals surface area (Å²) in [6.45, 7) is -0.242. The zero-order valence-corrected chi connectivity index (χ0v) is 15.1.